The Kier molecular flexibility index (Phi) is 4.68. The van der Waals surface area contributed by atoms with Crippen molar-refractivity contribution in [2.45, 2.75) is 26.6 Å². The molecule has 2 aromatic heterocycles. The van der Waals surface area contributed by atoms with Crippen LogP contribution in [0.2, 0.25) is 0 Å². The van der Waals surface area contributed by atoms with Crippen LogP contribution in [-0.4, -0.2) is 30.4 Å². The number of nitrogens with one attached hydrogen (secondary N) is 1. The smallest absolute Gasteiger partial charge is 0.307 e. The zero-order valence-corrected chi connectivity index (χ0v) is 12.8. The minimum atomic E-state index is -0.557. The first-order valence-electron chi connectivity index (χ1n) is 6.15. The molecule has 0 bridgehead atoms. The first-order chi connectivity index (χ1) is 10.0. The van der Waals surface area contributed by atoms with E-state index < -0.39 is 4.92 Å². The van der Waals surface area contributed by atoms with E-state index in [2.05, 4.69) is 31.4 Å². The summed E-state index contributed by atoms with van der Waals surface area (Å²) in [5, 5.41) is 21.2. The molecule has 0 radical (unpaired) electrons. The van der Waals surface area contributed by atoms with E-state index in [0.717, 1.165) is 16.4 Å². The Morgan fingerprint density at radius 3 is 2.86 bits per heavy atom. The van der Waals surface area contributed by atoms with Gasteiger partial charge in [-0.15, -0.1) is 0 Å². The van der Waals surface area contributed by atoms with Gasteiger partial charge >= 0.3 is 5.69 Å². The molecule has 0 atom stereocenters. The van der Waals surface area contributed by atoms with Crippen LogP contribution in [0.5, 0.6) is 0 Å². The first-order valence-corrected chi connectivity index (χ1v) is 6.94. The van der Waals surface area contributed by atoms with Crippen molar-refractivity contribution >= 4 is 27.5 Å². The van der Waals surface area contributed by atoms with Gasteiger partial charge in [0, 0.05) is 6.54 Å². The van der Waals surface area contributed by atoms with Crippen LogP contribution in [0.1, 0.15) is 12.6 Å². The van der Waals surface area contributed by atoms with Crippen molar-refractivity contribution < 1.29 is 9.72 Å². The number of carbonyl (C=O) groups is 1. The van der Waals surface area contributed by atoms with Gasteiger partial charge in [-0.05, 0) is 22.9 Å². The Bertz CT molecular complexity index is 665. The van der Waals surface area contributed by atoms with Crippen molar-refractivity contribution in [3.63, 3.8) is 0 Å². The SMILES string of the molecule is CCn1ncc(Br)c1CNC(=O)Cn1cc([N+](=O)[O-])cn1. The number of nitro groups is 1. The second kappa shape index (κ2) is 6.48. The Morgan fingerprint density at radius 2 is 2.24 bits per heavy atom. The molecule has 21 heavy (non-hydrogen) atoms. The summed E-state index contributed by atoms with van der Waals surface area (Å²) < 4.78 is 3.81. The highest BCUT2D eigenvalue weighted by Crippen LogP contribution is 2.15. The van der Waals surface area contributed by atoms with Crippen LogP contribution < -0.4 is 5.32 Å². The van der Waals surface area contributed by atoms with Crippen LogP contribution >= 0.6 is 15.9 Å². The highest BCUT2D eigenvalue weighted by Gasteiger charge is 2.12. The van der Waals surface area contributed by atoms with Gasteiger partial charge in [-0.2, -0.15) is 10.2 Å². The fraction of sp³-hybridized carbons (Fsp3) is 0.364. The van der Waals surface area contributed by atoms with Crippen LogP contribution in [-0.2, 0) is 24.4 Å². The van der Waals surface area contributed by atoms with Crippen LogP contribution in [0, 0.1) is 10.1 Å². The van der Waals surface area contributed by atoms with Gasteiger partial charge in [0.2, 0.25) is 5.91 Å². The molecule has 10 heteroatoms. The van der Waals surface area contributed by atoms with E-state index in [0.29, 0.717) is 13.1 Å². The lowest BCUT2D eigenvalue weighted by Gasteiger charge is -2.07. The van der Waals surface area contributed by atoms with Gasteiger partial charge in [0.05, 0.1) is 27.8 Å². The number of rotatable bonds is 6. The number of aromatic nitrogens is 4. The van der Waals surface area contributed by atoms with E-state index in [1.807, 2.05) is 6.92 Å². The lowest BCUT2D eigenvalue weighted by Crippen LogP contribution is -2.28. The summed E-state index contributed by atoms with van der Waals surface area (Å²) in [7, 11) is 0. The fourth-order valence-corrected chi connectivity index (χ4v) is 2.19. The molecule has 2 rings (SSSR count). The third-order valence-electron chi connectivity index (χ3n) is 2.79. The largest absolute Gasteiger partial charge is 0.349 e. The van der Waals surface area contributed by atoms with Crippen molar-refractivity contribution in [3.8, 4) is 0 Å². The standard InChI is InChI=1S/C11H13BrN6O3/c1-2-17-10(9(12)4-15-17)5-13-11(19)7-16-6-8(3-14-16)18(20)21/h3-4,6H,2,5,7H2,1H3,(H,13,19). The molecule has 112 valence electrons. The summed E-state index contributed by atoms with van der Waals surface area (Å²) in [6.07, 6.45) is 3.99. The van der Waals surface area contributed by atoms with E-state index in [1.165, 1.54) is 10.9 Å². The minimum absolute atomic E-state index is 0.0777. The molecule has 0 spiro atoms. The Morgan fingerprint density at radius 1 is 1.48 bits per heavy atom. The van der Waals surface area contributed by atoms with E-state index in [9.17, 15) is 14.9 Å². The summed E-state index contributed by atoms with van der Waals surface area (Å²) in [4.78, 5) is 21.8. The van der Waals surface area contributed by atoms with Crippen LogP contribution in [0.3, 0.4) is 0 Å². The summed E-state index contributed by atoms with van der Waals surface area (Å²) in [5.41, 5.74) is 0.715. The Balaban J connectivity index is 1.92. The number of carbonyl (C=O) groups excluding carboxylic acids is 1. The molecule has 0 fully saturated rings. The summed E-state index contributed by atoms with van der Waals surface area (Å²) in [5.74, 6) is -0.288. The highest BCUT2D eigenvalue weighted by molar-refractivity contribution is 9.10. The van der Waals surface area contributed by atoms with Gasteiger partial charge in [0.25, 0.3) is 0 Å². The zero-order chi connectivity index (χ0) is 15.4. The molecule has 0 saturated carbocycles. The summed E-state index contributed by atoms with van der Waals surface area (Å²) in [6, 6.07) is 0. The van der Waals surface area contributed by atoms with Crippen molar-refractivity contribution in [2.75, 3.05) is 0 Å². The first kappa shape index (κ1) is 15.2. The maximum absolute atomic E-state index is 11.8. The molecule has 0 saturated heterocycles. The summed E-state index contributed by atoms with van der Waals surface area (Å²) >= 11 is 3.37. The maximum Gasteiger partial charge on any atom is 0.307 e. The average Bonchev–Trinajstić information content (AvgIpc) is 3.03. The molecule has 0 aromatic carbocycles. The summed E-state index contributed by atoms with van der Waals surface area (Å²) in [6.45, 7) is 2.89. The number of nitrogens with zero attached hydrogens (tertiary/aromatic N) is 5. The molecule has 2 aromatic rings. The predicted molar refractivity (Wildman–Crippen MR) is 76.3 cm³/mol. The number of hydrogen-bond donors (Lipinski definition) is 1. The van der Waals surface area contributed by atoms with Gasteiger partial charge < -0.3 is 5.32 Å². The number of aryl methyl sites for hydroxylation is 1. The predicted octanol–water partition coefficient (Wildman–Crippen LogP) is 1.09. The van der Waals surface area contributed by atoms with E-state index in [-0.39, 0.29) is 18.1 Å². The monoisotopic (exact) mass is 356 g/mol. The lowest BCUT2D eigenvalue weighted by atomic mass is 10.4. The number of halogens is 1. The fourth-order valence-electron chi connectivity index (χ4n) is 1.75. The average molecular weight is 357 g/mol. The van der Waals surface area contributed by atoms with Gasteiger partial charge in [-0.3, -0.25) is 24.3 Å². The van der Waals surface area contributed by atoms with E-state index in [1.54, 1.807) is 10.9 Å². The topological polar surface area (TPSA) is 108 Å². The van der Waals surface area contributed by atoms with Crippen molar-refractivity contribution in [1.29, 1.82) is 0 Å². The van der Waals surface area contributed by atoms with Gasteiger partial charge in [-0.1, -0.05) is 0 Å². The molecular weight excluding hydrogens is 344 g/mol. The van der Waals surface area contributed by atoms with Crippen molar-refractivity contribution in [1.82, 2.24) is 24.9 Å². The molecule has 0 unspecified atom stereocenters. The third-order valence-corrected chi connectivity index (χ3v) is 3.45. The highest BCUT2D eigenvalue weighted by atomic mass is 79.9. The second-order valence-corrected chi connectivity index (χ2v) is 5.04. The van der Waals surface area contributed by atoms with E-state index >= 15 is 0 Å². The molecule has 9 nitrogen and oxygen atoms in total. The minimum Gasteiger partial charge on any atom is -0.349 e. The van der Waals surface area contributed by atoms with Crippen molar-refractivity contribution in [2.24, 2.45) is 0 Å². The number of amides is 1. The molecule has 0 aliphatic rings. The molecule has 0 aliphatic heterocycles. The second-order valence-electron chi connectivity index (χ2n) is 4.18. The van der Waals surface area contributed by atoms with Crippen LogP contribution in [0.25, 0.3) is 0 Å². The molecule has 2 heterocycles. The van der Waals surface area contributed by atoms with Gasteiger partial charge in [-0.25, -0.2) is 0 Å². The molecular formula is C11H13BrN6O3. The maximum atomic E-state index is 11.8. The Hall–Kier alpha value is -2.23. The van der Waals surface area contributed by atoms with Gasteiger partial charge in [0.1, 0.15) is 18.9 Å². The van der Waals surface area contributed by atoms with Crippen LogP contribution in [0.4, 0.5) is 5.69 Å². The van der Waals surface area contributed by atoms with Crippen molar-refractivity contribution in [3.05, 3.63) is 38.9 Å². The normalized spacial score (nSPS) is 10.6. The molecule has 0 aliphatic carbocycles. The van der Waals surface area contributed by atoms with E-state index in [4.69, 9.17) is 0 Å². The zero-order valence-electron chi connectivity index (χ0n) is 11.2. The third kappa shape index (κ3) is 3.66. The molecule has 1 amide bonds. The quantitative estimate of drug-likeness (QED) is 0.615. The number of hydrogen-bond acceptors (Lipinski definition) is 5. The molecule has 1 N–H and O–H groups in total. The lowest BCUT2D eigenvalue weighted by molar-refractivity contribution is -0.385. The Labute approximate surface area is 128 Å². The van der Waals surface area contributed by atoms with Crippen LogP contribution in [0.15, 0.2) is 23.1 Å². The van der Waals surface area contributed by atoms with Gasteiger partial charge in [0.15, 0.2) is 0 Å².